The Labute approximate surface area is 238 Å². The minimum atomic E-state index is -1.45. The molecule has 8 heteroatoms. The first-order chi connectivity index (χ1) is 19.6. The van der Waals surface area contributed by atoms with Crippen LogP contribution >= 0.6 is 0 Å². The second kappa shape index (κ2) is 10.4. The third-order valence-electron chi connectivity index (χ3n) is 7.71. The van der Waals surface area contributed by atoms with Crippen LogP contribution in [0.3, 0.4) is 0 Å². The number of ether oxygens (including phenoxy) is 2. The SMILES string of the molecule is C[C@]1(N)COc2c1cc([C@@](C)(O)CCC(=O)c1ccc(OC3CC3)c(-c3cccnc3)c1)nc2-c1ccc(F)cc1. The van der Waals surface area contributed by atoms with Crippen LogP contribution in [0.25, 0.3) is 22.4 Å². The lowest BCUT2D eigenvalue weighted by molar-refractivity contribution is 0.0396. The molecule has 2 aromatic heterocycles. The van der Waals surface area contributed by atoms with E-state index in [9.17, 15) is 14.3 Å². The monoisotopic (exact) mass is 553 g/mol. The second-order valence-corrected chi connectivity index (χ2v) is 11.4. The van der Waals surface area contributed by atoms with Crippen LogP contribution in [0.2, 0.25) is 0 Å². The number of hydrogen-bond acceptors (Lipinski definition) is 7. The van der Waals surface area contributed by atoms with Gasteiger partial charge in [0.2, 0.25) is 0 Å². The Hall–Kier alpha value is -4.14. The molecule has 3 heterocycles. The fraction of sp³-hybridized carbons (Fsp3) is 0.303. The van der Waals surface area contributed by atoms with Crippen molar-refractivity contribution in [3.63, 3.8) is 0 Å². The predicted molar refractivity (Wildman–Crippen MR) is 153 cm³/mol. The lowest BCUT2D eigenvalue weighted by Gasteiger charge is -2.25. The van der Waals surface area contributed by atoms with Gasteiger partial charge >= 0.3 is 0 Å². The second-order valence-electron chi connectivity index (χ2n) is 11.4. The number of pyridine rings is 2. The van der Waals surface area contributed by atoms with Gasteiger partial charge in [0.15, 0.2) is 11.5 Å². The summed E-state index contributed by atoms with van der Waals surface area (Å²) in [6.07, 6.45) is 5.93. The fourth-order valence-corrected chi connectivity index (χ4v) is 5.03. The molecule has 210 valence electrons. The molecule has 1 fully saturated rings. The number of carbonyl (C=O) groups excluding carboxylic acids is 1. The first-order valence-electron chi connectivity index (χ1n) is 13.8. The van der Waals surface area contributed by atoms with E-state index in [1.165, 1.54) is 12.1 Å². The van der Waals surface area contributed by atoms with Crippen LogP contribution in [0, 0.1) is 5.82 Å². The van der Waals surface area contributed by atoms with E-state index in [4.69, 9.17) is 20.2 Å². The average molecular weight is 554 g/mol. The predicted octanol–water partition coefficient (Wildman–Crippen LogP) is 5.93. The van der Waals surface area contributed by atoms with Gasteiger partial charge in [0.1, 0.15) is 29.5 Å². The number of carbonyl (C=O) groups is 1. The van der Waals surface area contributed by atoms with Crippen molar-refractivity contribution in [1.82, 2.24) is 9.97 Å². The minimum absolute atomic E-state index is 0.0867. The van der Waals surface area contributed by atoms with Gasteiger partial charge in [0, 0.05) is 46.6 Å². The normalized spacial score (nSPS) is 19.2. The third-order valence-corrected chi connectivity index (χ3v) is 7.71. The van der Waals surface area contributed by atoms with Gasteiger partial charge < -0.3 is 20.3 Å². The summed E-state index contributed by atoms with van der Waals surface area (Å²) in [6.45, 7) is 3.74. The van der Waals surface area contributed by atoms with E-state index in [0.717, 1.165) is 29.7 Å². The van der Waals surface area contributed by atoms with Crippen LogP contribution in [0.5, 0.6) is 11.5 Å². The molecule has 0 spiro atoms. The number of hydrogen-bond donors (Lipinski definition) is 2. The summed E-state index contributed by atoms with van der Waals surface area (Å²) in [6, 6.07) is 16.9. The molecule has 3 N–H and O–H groups in total. The van der Waals surface area contributed by atoms with Gasteiger partial charge in [-0.3, -0.25) is 9.78 Å². The van der Waals surface area contributed by atoms with Crippen LogP contribution in [0.15, 0.2) is 73.1 Å². The summed E-state index contributed by atoms with van der Waals surface area (Å²) < 4.78 is 25.6. The molecule has 4 aromatic rings. The van der Waals surface area contributed by atoms with Crippen molar-refractivity contribution in [1.29, 1.82) is 0 Å². The number of rotatable bonds is 9. The molecule has 0 unspecified atom stereocenters. The van der Waals surface area contributed by atoms with E-state index in [1.54, 1.807) is 43.6 Å². The molecule has 1 aliphatic heterocycles. The number of ketones is 1. The molecular weight excluding hydrogens is 521 g/mol. The van der Waals surface area contributed by atoms with Gasteiger partial charge in [0.25, 0.3) is 0 Å². The summed E-state index contributed by atoms with van der Waals surface area (Å²) in [7, 11) is 0. The number of halogens is 1. The van der Waals surface area contributed by atoms with Crippen molar-refractivity contribution in [3.8, 4) is 33.9 Å². The lowest BCUT2D eigenvalue weighted by Crippen LogP contribution is -2.35. The number of aliphatic hydroxyl groups is 1. The van der Waals surface area contributed by atoms with Gasteiger partial charge in [-0.15, -0.1) is 0 Å². The molecular formula is C33H32FN3O4. The highest BCUT2D eigenvalue weighted by Crippen LogP contribution is 2.44. The Morgan fingerprint density at radius 2 is 1.95 bits per heavy atom. The van der Waals surface area contributed by atoms with Crippen molar-refractivity contribution in [3.05, 3.63) is 95.7 Å². The summed E-state index contributed by atoms with van der Waals surface area (Å²) in [5, 5.41) is 11.6. The third kappa shape index (κ3) is 5.58. The van der Waals surface area contributed by atoms with Crippen molar-refractivity contribution < 1.29 is 23.8 Å². The lowest BCUT2D eigenvalue weighted by atomic mass is 9.87. The molecule has 0 radical (unpaired) electrons. The smallest absolute Gasteiger partial charge is 0.163 e. The van der Waals surface area contributed by atoms with Crippen LogP contribution in [0.4, 0.5) is 4.39 Å². The Morgan fingerprint density at radius 1 is 1.17 bits per heavy atom. The molecule has 6 rings (SSSR count). The Balaban J connectivity index is 1.27. The Kier molecular flexibility index (Phi) is 6.83. The standard InChI is InChI=1S/C33H32FN3O4/c1-32(35)19-40-31-26(32)17-29(37-30(31)20-5-8-23(34)9-6-20)33(2,39)14-13-27(38)21-7-12-28(41-24-10-11-24)25(16-21)22-4-3-15-36-18-22/h3-9,12,15-18,24,39H,10-11,13-14,19,35H2,1-2H3/t32-,33-/m0/s1. The number of Topliss-reactive ketones (excluding diaryl/α,β-unsaturated/α-hetero) is 1. The van der Waals surface area contributed by atoms with E-state index in [2.05, 4.69) is 4.98 Å². The quantitative estimate of drug-likeness (QED) is 0.248. The largest absolute Gasteiger partial charge is 0.490 e. The van der Waals surface area contributed by atoms with Gasteiger partial charge in [-0.25, -0.2) is 9.37 Å². The molecule has 0 saturated heterocycles. The van der Waals surface area contributed by atoms with Crippen LogP contribution in [0.1, 0.15) is 61.1 Å². The van der Waals surface area contributed by atoms with Crippen LogP contribution in [-0.4, -0.2) is 33.6 Å². The maximum Gasteiger partial charge on any atom is 0.163 e. The van der Waals surface area contributed by atoms with E-state index in [-0.39, 0.29) is 37.2 Å². The van der Waals surface area contributed by atoms with Crippen molar-refractivity contribution in [2.75, 3.05) is 6.61 Å². The summed E-state index contributed by atoms with van der Waals surface area (Å²) in [5.41, 5.74) is 8.69. The minimum Gasteiger partial charge on any atom is -0.490 e. The fourth-order valence-electron chi connectivity index (χ4n) is 5.03. The van der Waals surface area contributed by atoms with Gasteiger partial charge in [-0.05, 0) is 87.7 Å². The molecule has 1 saturated carbocycles. The Bertz CT molecular complexity index is 1600. The van der Waals surface area contributed by atoms with Gasteiger partial charge in [0.05, 0.1) is 17.3 Å². The van der Waals surface area contributed by atoms with Crippen molar-refractivity contribution in [2.45, 2.75) is 56.8 Å². The van der Waals surface area contributed by atoms with Gasteiger partial charge in [-0.2, -0.15) is 0 Å². The molecule has 0 bridgehead atoms. The topological polar surface area (TPSA) is 108 Å². The van der Waals surface area contributed by atoms with Crippen molar-refractivity contribution >= 4 is 5.78 Å². The summed E-state index contributed by atoms with van der Waals surface area (Å²) in [4.78, 5) is 22.4. The highest BCUT2D eigenvalue weighted by atomic mass is 19.1. The first kappa shape index (κ1) is 27.1. The van der Waals surface area contributed by atoms with E-state index in [1.807, 2.05) is 31.2 Å². The first-order valence-corrected chi connectivity index (χ1v) is 13.8. The van der Waals surface area contributed by atoms with E-state index >= 15 is 0 Å². The maximum absolute atomic E-state index is 13.6. The summed E-state index contributed by atoms with van der Waals surface area (Å²) >= 11 is 0. The zero-order valence-corrected chi connectivity index (χ0v) is 23.1. The van der Waals surface area contributed by atoms with Crippen LogP contribution in [-0.2, 0) is 11.1 Å². The Morgan fingerprint density at radius 3 is 2.66 bits per heavy atom. The number of nitrogens with two attached hydrogens (primary N) is 1. The molecule has 0 amide bonds. The number of aromatic nitrogens is 2. The van der Waals surface area contributed by atoms with E-state index in [0.29, 0.717) is 33.8 Å². The van der Waals surface area contributed by atoms with Crippen molar-refractivity contribution in [2.24, 2.45) is 5.73 Å². The van der Waals surface area contributed by atoms with E-state index < -0.39 is 11.1 Å². The summed E-state index contributed by atoms with van der Waals surface area (Å²) in [5.74, 6) is 0.774. The molecule has 2 atom stereocenters. The molecule has 7 nitrogen and oxygen atoms in total. The number of nitrogens with zero attached hydrogens (tertiary/aromatic N) is 2. The maximum atomic E-state index is 13.6. The zero-order chi connectivity index (χ0) is 28.8. The molecule has 1 aliphatic carbocycles. The molecule has 2 aromatic carbocycles. The van der Waals surface area contributed by atoms with Crippen LogP contribution < -0.4 is 15.2 Å². The highest BCUT2D eigenvalue weighted by molar-refractivity contribution is 5.97. The average Bonchev–Trinajstić information content (AvgIpc) is 3.74. The molecule has 2 aliphatic rings. The number of benzene rings is 2. The van der Waals surface area contributed by atoms with Gasteiger partial charge in [-0.1, -0.05) is 6.07 Å². The highest BCUT2D eigenvalue weighted by Gasteiger charge is 2.38. The zero-order valence-electron chi connectivity index (χ0n) is 23.1. The molecule has 41 heavy (non-hydrogen) atoms. The number of fused-ring (bicyclic) bond motifs is 1.